The van der Waals surface area contributed by atoms with Crippen LogP contribution in [0.5, 0.6) is 0 Å². The van der Waals surface area contributed by atoms with Gasteiger partial charge in [-0.15, -0.1) is 0 Å². The van der Waals surface area contributed by atoms with E-state index in [0.717, 1.165) is 25.6 Å². The molecule has 106 valence electrons. The number of aromatic nitrogens is 1. The van der Waals surface area contributed by atoms with Gasteiger partial charge in [-0.1, -0.05) is 0 Å². The van der Waals surface area contributed by atoms with Crippen molar-refractivity contribution in [1.82, 2.24) is 10.3 Å². The van der Waals surface area contributed by atoms with Crippen molar-refractivity contribution in [3.63, 3.8) is 0 Å². The van der Waals surface area contributed by atoms with Gasteiger partial charge in [0.15, 0.2) is 0 Å². The van der Waals surface area contributed by atoms with Crippen molar-refractivity contribution in [1.29, 1.82) is 0 Å². The van der Waals surface area contributed by atoms with Gasteiger partial charge in [0.2, 0.25) is 0 Å². The molecular formula is C14H14F3N3. The number of anilines is 1. The number of hydrogen-bond donors (Lipinski definition) is 2. The van der Waals surface area contributed by atoms with Gasteiger partial charge in [0.05, 0.1) is 11.1 Å². The minimum atomic E-state index is -4.39. The van der Waals surface area contributed by atoms with E-state index in [2.05, 4.69) is 15.6 Å². The lowest BCUT2D eigenvalue weighted by Gasteiger charge is -2.17. The number of nitrogens with one attached hydrogen (secondary N) is 2. The van der Waals surface area contributed by atoms with Crippen LogP contribution in [0.1, 0.15) is 12.0 Å². The number of hydrogen-bond acceptors (Lipinski definition) is 3. The van der Waals surface area contributed by atoms with Gasteiger partial charge in [0.1, 0.15) is 0 Å². The zero-order valence-corrected chi connectivity index (χ0v) is 10.7. The lowest BCUT2D eigenvalue weighted by molar-refractivity contribution is -0.136. The van der Waals surface area contributed by atoms with Gasteiger partial charge in [-0.25, -0.2) is 0 Å². The number of nitrogens with zero attached hydrogens (tertiary/aromatic N) is 1. The van der Waals surface area contributed by atoms with E-state index in [4.69, 9.17) is 0 Å². The van der Waals surface area contributed by atoms with Crippen LogP contribution in [-0.2, 0) is 6.18 Å². The molecule has 1 saturated heterocycles. The van der Waals surface area contributed by atoms with Crippen molar-refractivity contribution in [2.24, 2.45) is 0 Å². The Morgan fingerprint density at radius 1 is 1.25 bits per heavy atom. The Morgan fingerprint density at radius 2 is 2.10 bits per heavy atom. The van der Waals surface area contributed by atoms with Gasteiger partial charge in [0, 0.05) is 29.9 Å². The Bertz CT molecular complexity index is 619. The number of alkyl halides is 3. The minimum absolute atomic E-state index is 0.00374. The molecule has 1 fully saturated rings. The van der Waals surface area contributed by atoms with Crippen LogP contribution in [0.25, 0.3) is 10.9 Å². The normalized spacial score (nSPS) is 19.4. The fourth-order valence-corrected chi connectivity index (χ4v) is 2.53. The number of rotatable bonds is 2. The van der Waals surface area contributed by atoms with Crippen molar-refractivity contribution >= 4 is 16.6 Å². The zero-order chi connectivity index (χ0) is 14.2. The molecule has 0 radical (unpaired) electrons. The zero-order valence-electron chi connectivity index (χ0n) is 10.7. The topological polar surface area (TPSA) is 37.0 Å². The number of halogens is 3. The lowest BCUT2D eigenvalue weighted by Crippen LogP contribution is -2.22. The molecule has 1 atom stereocenters. The van der Waals surface area contributed by atoms with Gasteiger partial charge in [-0.2, -0.15) is 13.2 Å². The van der Waals surface area contributed by atoms with Crippen LogP contribution in [0.2, 0.25) is 0 Å². The first-order valence-electron chi connectivity index (χ1n) is 6.48. The summed E-state index contributed by atoms with van der Waals surface area (Å²) in [5.41, 5.74) is 0.00829. The Kier molecular flexibility index (Phi) is 3.25. The van der Waals surface area contributed by atoms with Gasteiger partial charge in [-0.05, 0) is 37.2 Å². The molecular weight excluding hydrogens is 267 g/mol. The van der Waals surface area contributed by atoms with Crippen LogP contribution in [0.15, 0.2) is 30.5 Å². The third-order valence-corrected chi connectivity index (χ3v) is 3.50. The van der Waals surface area contributed by atoms with E-state index >= 15 is 0 Å². The van der Waals surface area contributed by atoms with Crippen LogP contribution in [0.4, 0.5) is 18.9 Å². The first kappa shape index (κ1) is 13.2. The molecule has 2 N–H and O–H groups in total. The second-order valence-electron chi connectivity index (χ2n) is 4.89. The fourth-order valence-electron chi connectivity index (χ4n) is 2.53. The summed E-state index contributed by atoms with van der Waals surface area (Å²) < 4.78 is 39.0. The highest BCUT2D eigenvalue weighted by atomic mass is 19.4. The number of benzene rings is 1. The maximum absolute atomic E-state index is 13.0. The van der Waals surface area contributed by atoms with E-state index in [-0.39, 0.29) is 11.6 Å². The largest absolute Gasteiger partial charge is 0.418 e. The Morgan fingerprint density at radius 3 is 2.80 bits per heavy atom. The van der Waals surface area contributed by atoms with E-state index in [9.17, 15) is 13.2 Å². The highest BCUT2D eigenvalue weighted by molar-refractivity contribution is 5.93. The van der Waals surface area contributed by atoms with E-state index < -0.39 is 11.7 Å². The molecule has 1 aromatic heterocycles. The Labute approximate surface area is 114 Å². The molecule has 0 amide bonds. The molecule has 0 unspecified atom stereocenters. The Hall–Kier alpha value is -1.82. The van der Waals surface area contributed by atoms with Gasteiger partial charge in [-0.3, -0.25) is 4.98 Å². The molecule has 0 saturated carbocycles. The van der Waals surface area contributed by atoms with Crippen molar-refractivity contribution in [2.75, 3.05) is 18.4 Å². The summed E-state index contributed by atoms with van der Waals surface area (Å²) >= 11 is 0. The summed E-state index contributed by atoms with van der Waals surface area (Å²) in [4.78, 5) is 3.91. The number of pyridine rings is 1. The molecule has 1 aromatic carbocycles. The second kappa shape index (κ2) is 4.94. The molecule has 1 aliphatic heterocycles. The van der Waals surface area contributed by atoms with E-state index in [1.54, 1.807) is 12.1 Å². The van der Waals surface area contributed by atoms with E-state index in [1.807, 2.05) is 0 Å². The summed E-state index contributed by atoms with van der Waals surface area (Å²) in [6, 6.07) is 6.16. The summed E-state index contributed by atoms with van der Waals surface area (Å²) in [5.74, 6) is 0. The quantitative estimate of drug-likeness (QED) is 0.888. The average Bonchev–Trinajstić information content (AvgIpc) is 2.90. The highest BCUT2D eigenvalue weighted by Gasteiger charge is 2.33. The van der Waals surface area contributed by atoms with Crippen LogP contribution in [-0.4, -0.2) is 24.1 Å². The van der Waals surface area contributed by atoms with Crippen molar-refractivity contribution in [2.45, 2.75) is 18.6 Å². The van der Waals surface area contributed by atoms with Crippen LogP contribution in [0.3, 0.4) is 0 Å². The van der Waals surface area contributed by atoms with Crippen LogP contribution in [0, 0.1) is 0 Å². The highest BCUT2D eigenvalue weighted by Crippen LogP contribution is 2.36. The summed E-state index contributed by atoms with van der Waals surface area (Å²) in [5, 5.41) is 7.02. The van der Waals surface area contributed by atoms with Gasteiger partial charge < -0.3 is 10.6 Å². The lowest BCUT2D eigenvalue weighted by atomic mass is 10.1. The van der Waals surface area contributed by atoms with Crippen molar-refractivity contribution in [3.8, 4) is 0 Å². The number of fused-ring (bicyclic) bond motifs is 1. The average molecular weight is 281 g/mol. The molecule has 0 bridgehead atoms. The molecule has 20 heavy (non-hydrogen) atoms. The smallest absolute Gasteiger partial charge is 0.380 e. The SMILES string of the molecule is FC(F)(F)c1ccc(N[C@H]2CCNC2)c2cccnc12. The predicted octanol–water partition coefficient (Wildman–Crippen LogP) is 3.03. The molecule has 0 spiro atoms. The van der Waals surface area contributed by atoms with E-state index in [0.29, 0.717) is 11.1 Å². The fraction of sp³-hybridized carbons (Fsp3) is 0.357. The molecule has 0 aliphatic carbocycles. The minimum Gasteiger partial charge on any atom is -0.380 e. The molecule has 2 aromatic rings. The third kappa shape index (κ3) is 2.43. The molecule has 3 nitrogen and oxygen atoms in total. The van der Waals surface area contributed by atoms with Crippen molar-refractivity contribution in [3.05, 3.63) is 36.0 Å². The summed E-state index contributed by atoms with van der Waals surface area (Å²) in [6.07, 6.45) is -2.04. The monoisotopic (exact) mass is 281 g/mol. The standard InChI is InChI=1S/C14H14F3N3/c15-14(16,17)11-3-4-12(20-9-5-7-18-8-9)10-2-1-6-19-13(10)11/h1-4,6,9,18,20H,5,7-8H2/t9-/m0/s1. The maximum Gasteiger partial charge on any atom is 0.418 e. The van der Waals surface area contributed by atoms with Gasteiger partial charge in [0.25, 0.3) is 0 Å². The molecule has 6 heteroatoms. The van der Waals surface area contributed by atoms with Crippen LogP contribution >= 0.6 is 0 Å². The maximum atomic E-state index is 13.0. The Balaban J connectivity index is 2.06. The first-order valence-corrected chi connectivity index (χ1v) is 6.48. The van der Waals surface area contributed by atoms with Crippen LogP contribution < -0.4 is 10.6 Å². The second-order valence-corrected chi connectivity index (χ2v) is 4.89. The molecule has 2 heterocycles. The first-order chi connectivity index (χ1) is 9.55. The van der Waals surface area contributed by atoms with Gasteiger partial charge >= 0.3 is 6.18 Å². The van der Waals surface area contributed by atoms with Crippen molar-refractivity contribution < 1.29 is 13.2 Å². The molecule has 1 aliphatic rings. The third-order valence-electron chi connectivity index (χ3n) is 3.50. The molecule has 3 rings (SSSR count). The van der Waals surface area contributed by atoms with E-state index in [1.165, 1.54) is 12.3 Å². The summed E-state index contributed by atoms with van der Waals surface area (Å²) in [7, 11) is 0. The summed E-state index contributed by atoms with van der Waals surface area (Å²) in [6.45, 7) is 1.75. The predicted molar refractivity (Wildman–Crippen MR) is 71.6 cm³/mol.